The van der Waals surface area contributed by atoms with Gasteiger partial charge in [0.1, 0.15) is 11.5 Å². The van der Waals surface area contributed by atoms with Crippen LogP contribution in [0.4, 0.5) is 4.79 Å². The molecular formula is C25H32I2O3. The zero-order valence-electron chi connectivity index (χ0n) is 18.0. The second-order valence-electron chi connectivity index (χ2n) is 7.58. The van der Waals surface area contributed by atoms with Crippen molar-refractivity contribution in [1.82, 2.24) is 0 Å². The van der Waals surface area contributed by atoms with Crippen LogP contribution in [0.3, 0.4) is 0 Å². The molecule has 0 saturated heterocycles. The molecule has 0 heterocycles. The molecule has 164 valence electrons. The molecule has 0 fully saturated rings. The minimum absolute atomic E-state index is 0.604. The van der Waals surface area contributed by atoms with Crippen LogP contribution in [-0.4, -0.2) is 6.16 Å². The molecule has 30 heavy (non-hydrogen) atoms. The Balaban J connectivity index is 2.03. The predicted molar refractivity (Wildman–Crippen MR) is 141 cm³/mol. The third-order valence-corrected chi connectivity index (χ3v) is 6.37. The van der Waals surface area contributed by atoms with E-state index in [4.69, 9.17) is 9.47 Å². The average molecular weight is 634 g/mol. The molecule has 0 aliphatic carbocycles. The lowest BCUT2D eigenvalue weighted by Crippen LogP contribution is -2.16. The third kappa shape index (κ3) is 9.12. The van der Waals surface area contributed by atoms with Gasteiger partial charge in [0.25, 0.3) is 0 Å². The molecule has 5 heteroatoms. The first-order valence-electron chi connectivity index (χ1n) is 11.0. The van der Waals surface area contributed by atoms with Gasteiger partial charge in [0.15, 0.2) is 0 Å². The second-order valence-corrected chi connectivity index (χ2v) is 10.1. The molecule has 3 nitrogen and oxygen atoms in total. The number of aryl methyl sites for hydroxylation is 2. The number of carbonyl (C=O) groups is 1. The Kier molecular flexibility index (Phi) is 12.1. The Morgan fingerprint density at radius 2 is 1.13 bits per heavy atom. The monoisotopic (exact) mass is 634 g/mol. The molecule has 0 atom stereocenters. The van der Waals surface area contributed by atoms with Gasteiger partial charge in [-0.1, -0.05) is 52.4 Å². The fraction of sp³-hybridized carbons (Fsp3) is 0.480. The summed E-state index contributed by atoms with van der Waals surface area (Å²) in [6.07, 6.45) is 10.6. The van der Waals surface area contributed by atoms with Gasteiger partial charge in [-0.2, -0.15) is 0 Å². The Morgan fingerprint density at radius 1 is 0.700 bits per heavy atom. The van der Waals surface area contributed by atoms with Crippen LogP contribution in [-0.2, 0) is 12.8 Å². The van der Waals surface area contributed by atoms with Crippen LogP contribution in [0.25, 0.3) is 0 Å². The standard InChI is InChI=1S/C25H32I2O3/c1-3-5-7-9-11-19-17-21(26)13-15-23(19)29-25(28)30-24-16-14-22(27)18-20(24)12-10-8-6-4-2/h13-18H,3-12H2,1-2H3. The summed E-state index contributed by atoms with van der Waals surface area (Å²) in [5.74, 6) is 1.21. The molecular weight excluding hydrogens is 602 g/mol. The normalized spacial score (nSPS) is 10.8. The largest absolute Gasteiger partial charge is 0.519 e. The fourth-order valence-corrected chi connectivity index (χ4v) is 4.48. The molecule has 0 saturated carbocycles. The molecule has 2 aromatic carbocycles. The smallest absolute Gasteiger partial charge is 0.394 e. The van der Waals surface area contributed by atoms with Crippen molar-refractivity contribution in [2.75, 3.05) is 0 Å². The van der Waals surface area contributed by atoms with Crippen molar-refractivity contribution in [2.45, 2.75) is 78.1 Å². The van der Waals surface area contributed by atoms with Crippen molar-refractivity contribution < 1.29 is 14.3 Å². The highest BCUT2D eigenvalue weighted by molar-refractivity contribution is 14.1. The van der Waals surface area contributed by atoms with Crippen LogP contribution >= 0.6 is 45.2 Å². The summed E-state index contributed by atoms with van der Waals surface area (Å²) in [4.78, 5) is 12.6. The highest BCUT2D eigenvalue weighted by atomic mass is 127. The van der Waals surface area contributed by atoms with Crippen LogP contribution in [0.1, 0.15) is 76.3 Å². The van der Waals surface area contributed by atoms with Gasteiger partial charge >= 0.3 is 6.16 Å². The lowest BCUT2D eigenvalue weighted by atomic mass is 10.1. The quantitative estimate of drug-likeness (QED) is 0.101. The van der Waals surface area contributed by atoms with E-state index in [-0.39, 0.29) is 0 Å². The van der Waals surface area contributed by atoms with Crippen molar-refractivity contribution in [3.8, 4) is 11.5 Å². The van der Waals surface area contributed by atoms with E-state index in [2.05, 4.69) is 71.2 Å². The number of hydrogen-bond acceptors (Lipinski definition) is 3. The number of carbonyl (C=O) groups excluding carboxylic acids is 1. The Hall–Kier alpha value is -0.830. The van der Waals surface area contributed by atoms with Crippen LogP contribution in [0, 0.1) is 7.14 Å². The van der Waals surface area contributed by atoms with E-state index in [9.17, 15) is 4.79 Å². The van der Waals surface area contributed by atoms with Crippen molar-refractivity contribution in [3.05, 3.63) is 54.7 Å². The van der Waals surface area contributed by atoms with Gasteiger partial charge in [-0.05, 0) is 118 Å². The maximum absolute atomic E-state index is 12.6. The van der Waals surface area contributed by atoms with Gasteiger partial charge < -0.3 is 9.47 Å². The van der Waals surface area contributed by atoms with Gasteiger partial charge in [-0.15, -0.1) is 0 Å². The van der Waals surface area contributed by atoms with Crippen molar-refractivity contribution in [1.29, 1.82) is 0 Å². The lowest BCUT2D eigenvalue weighted by Gasteiger charge is -2.13. The highest BCUT2D eigenvalue weighted by Crippen LogP contribution is 2.27. The van der Waals surface area contributed by atoms with Gasteiger partial charge in [0.05, 0.1) is 0 Å². The fourth-order valence-electron chi connectivity index (χ4n) is 3.37. The van der Waals surface area contributed by atoms with Gasteiger partial charge in [-0.3, -0.25) is 0 Å². The SMILES string of the molecule is CCCCCCc1cc(I)ccc1OC(=O)Oc1ccc(I)cc1CCCCCC. The van der Waals surface area contributed by atoms with Crippen LogP contribution in [0.2, 0.25) is 0 Å². The minimum atomic E-state index is -0.665. The van der Waals surface area contributed by atoms with E-state index >= 15 is 0 Å². The first-order chi connectivity index (χ1) is 14.5. The molecule has 0 bridgehead atoms. The molecule has 0 aliphatic rings. The number of rotatable bonds is 12. The Morgan fingerprint density at radius 3 is 1.53 bits per heavy atom. The molecule has 0 aromatic heterocycles. The summed E-state index contributed by atoms with van der Waals surface area (Å²) in [5, 5.41) is 0. The first-order valence-corrected chi connectivity index (χ1v) is 13.2. The zero-order chi connectivity index (χ0) is 21.8. The Bertz CT molecular complexity index is 739. The van der Waals surface area contributed by atoms with Crippen molar-refractivity contribution in [2.24, 2.45) is 0 Å². The second kappa shape index (κ2) is 14.3. The third-order valence-electron chi connectivity index (χ3n) is 5.03. The molecule has 0 radical (unpaired) electrons. The summed E-state index contributed by atoms with van der Waals surface area (Å²) in [5.41, 5.74) is 2.13. The van der Waals surface area contributed by atoms with Gasteiger partial charge in [0.2, 0.25) is 0 Å². The van der Waals surface area contributed by atoms with E-state index in [0.717, 1.165) is 44.0 Å². The number of hydrogen-bond donors (Lipinski definition) is 0. The number of benzene rings is 2. The van der Waals surface area contributed by atoms with E-state index in [0.29, 0.717) is 11.5 Å². The predicted octanol–water partition coefficient (Wildman–Crippen LogP) is 8.72. The maximum Gasteiger partial charge on any atom is 0.519 e. The van der Waals surface area contributed by atoms with Crippen molar-refractivity contribution >= 4 is 51.3 Å². The first kappa shape index (κ1) is 25.4. The average Bonchev–Trinajstić information content (AvgIpc) is 2.72. The molecule has 0 amide bonds. The molecule has 0 spiro atoms. The summed E-state index contributed by atoms with van der Waals surface area (Å²) in [6, 6.07) is 11.9. The van der Waals surface area contributed by atoms with E-state index in [1.54, 1.807) is 0 Å². The van der Waals surface area contributed by atoms with Gasteiger partial charge in [-0.25, -0.2) is 4.79 Å². The van der Waals surface area contributed by atoms with Crippen LogP contribution < -0.4 is 9.47 Å². The summed E-state index contributed by atoms with van der Waals surface area (Å²) in [6.45, 7) is 4.41. The van der Waals surface area contributed by atoms with Crippen LogP contribution in [0.5, 0.6) is 11.5 Å². The summed E-state index contributed by atoms with van der Waals surface area (Å²) >= 11 is 4.59. The number of halogens is 2. The van der Waals surface area contributed by atoms with E-state index in [1.807, 2.05) is 24.3 Å². The summed E-state index contributed by atoms with van der Waals surface area (Å²) < 4.78 is 13.5. The van der Waals surface area contributed by atoms with Crippen LogP contribution in [0.15, 0.2) is 36.4 Å². The van der Waals surface area contributed by atoms with Gasteiger partial charge in [0, 0.05) is 7.14 Å². The molecule has 0 N–H and O–H groups in total. The summed E-state index contributed by atoms with van der Waals surface area (Å²) in [7, 11) is 0. The van der Waals surface area contributed by atoms with Crippen molar-refractivity contribution in [3.63, 3.8) is 0 Å². The molecule has 2 aromatic rings. The van der Waals surface area contributed by atoms with E-state index < -0.39 is 6.16 Å². The zero-order valence-corrected chi connectivity index (χ0v) is 22.3. The van der Waals surface area contributed by atoms with E-state index in [1.165, 1.54) is 38.5 Å². The lowest BCUT2D eigenvalue weighted by molar-refractivity contribution is 0.151. The highest BCUT2D eigenvalue weighted by Gasteiger charge is 2.15. The molecule has 0 aliphatic heterocycles. The molecule has 0 unspecified atom stereocenters. The number of ether oxygens (including phenoxy) is 2. The molecule has 2 rings (SSSR count). The number of unbranched alkanes of at least 4 members (excludes halogenated alkanes) is 6. The Labute approximate surface area is 208 Å². The minimum Gasteiger partial charge on any atom is -0.394 e. The topological polar surface area (TPSA) is 35.5 Å². The maximum atomic E-state index is 12.6.